The average molecular weight is 250 g/mol. The second-order valence-electron chi connectivity index (χ2n) is 2.66. The summed E-state index contributed by atoms with van der Waals surface area (Å²) in [5.41, 5.74) is 0. The van der Waals surface area contributed by atoms with Crippen molar-refractivity contribution < 1.29 is 24.2 Å². The minimum absolute atomic E-state index is 0.309. The number of carbonyl (C=O) groups is 2. The molecule has 0 rings (SSSR count). The van der Waals surface area contributed by atoms with E-state index in [-0.39, 0.29) is 5.97 Å². The molecule has 0 heterocycles. The van der Waals surface area contributed by atoms with Crippen molar-refractivity contribution >= 4 is 21.2 Å². The molecule has 0 spiro atoms. The molecule has 0 amide bonds. The number of aliphatic carboxylic acids is 1. The first kappa shape index (κ1) is 17.5. The summed E-state index contributed by atoms with van der Waals surface area (Å²) in [4.78, 5) is 19.8. The molecule has 0 saturated heterocycles. The Morgan fingerprint density at radius 2 is 1.94 bits per heavy atom. The summed E-state index contributed by atoms with van der Waals surface area (Å²) >= 11 is 0. The summed E-state index contributed by atoms with van der Waals surface area (Å²) in [7, 11) is 3.70. The van der Waals surface area contributed by atoms with Crippen LogP contribution in [-0.2, 0) is 19.1 Å². The van der Waals surface area contributed by atoms with Crippen LogP contribution in [-0.4, -0.2) is 37.4 Å². The molecule has 0 aliphatic heterocycles. The Hall–Kier alpha value is -0.930. The second kappa shape index (κ2) is 12.1. The average Bonchev–Trinajstić information content (AvgIpc) is 2.22. The quantitative estimate of drug-likeness (QED) is 0.346. The Balaban J connectivity index is 0. The zero-order valence-electron chi connectivity index (χ0n) is 9.86. The summed E-state index contributed by atoms with van der Waals surface area (Å²) in [6.45, 7) is 4.37. The summed E-state index contributed by atoms with van der Waals surface area (Å²) in [5.74, 6) is -1.14. The molecule has 16 heavy (non-hydrogen) atoms. The van der Waals surface area contributed by atoms with Crippen molar-refractivity contribution in [3.8, 4) is 0 Å². The third-order valence-electron chi connectivity index (χ3n) is 1.25. The van der Waals surface area contributed by atoms with E-state index in [9.17, 15) is 4.79 Å². The number of ether oxygens (including phenoxy) is 2. The van der Waals surface area contributed by atoms with Crippen LogP contribution in [0.3, 0.4) is 0 Å². The fraction of sp³-hybridized carbons (Fsp3) is 0.600. The standard InChI is InChI=1S/C8H15O3P.C2H4O2/c1-3-11-6-4-5-7(12)8(9)10-2;1-2(3)4/h5H,3-4,6,12H2,1-2H3;1H3,(H,3,4). The van der Waals surface area contributed by atoms with E-state index in [1.54, 1.807) is 6.08 Å². The lowest BCUT2D eigenvalue weighted by Gasteiger charge is -1.99. The van der Waals surface area contributed by atoms with Gasteiger partial charge in [-0.2, -0.15) is 0 Å². The van der Waals surface area contributed by atoms with Gasteiger partial charge < -0.3 is 14.6 Å². The number of carbonyl (C=O) groups excluding carboxylic acids is 1. The first-order valence-corrected chi connectivity index (χ1v) is 5.34. The maximum Gasteiger partial charge on any atom is 0.337 e. The maximum atomic E-state index is 10.8. The van der Waals surface area contributed by atoms with Crippen molar-refractivity contribution in [1.29, 1.82) is 0 Å². The van der Waals surface area contributed by atoms with Crippen LogP contribution < -0.4 is 0 Å². The molecular formula is C10H19O5P. The van der Waals surface area contributed by atoms with E-state index in [2.05, 4.69) is 14.0 Å². The van der Waals surface area contributed by atoms with Crippen LogP contribution in [0.25, 0.3) is 0 Å². The molecule has 0 aromatic heterocycles. The van der Waals surface area contributed by atoms with E-state index < -0.39 is 5.97 Å². The molecular weight excluding hydrogens is 231 g/mol. The molecule has 0 aromatic rings. The van der Waals surface area contributed by atoms with E-state index in [1.165, 1.54) is 7.11 Å². The first-order valence-electron chi connectivity index (χ1n) is 4.76. The fourth-order valence-corrected chi connectivity index (χ4v) is 0.928. The zero-order chi connectivity index (χ0) is 13.0. The number of methoxy groups -OCH3 is 1. The van der Waals surface area contributed by atoms with Gasteiger partial charge in [-0.1, -0.05) is 15.3 Å². The Morgan fingerprint density at radius 3 is 2.31 bits per heavy atom. The molecule has 0 bridgehead atoms. The number of carboxylic acids is 1. The molecule has 0 radical (unpaired) electrons. The molecule has 94 valence electrons. The molecule has 1 unspecified atom stereocenters. The minimum atomic E-state index is -0.833. The molecule has 5 nitrogen and oxygen atoms in total. The van der Waals surface area contributed by atoms with E-state index >= 15 is 0 Å². The van der Waals surface area contributed by atoms with Gasteiger partial charge in [-0.25, -0.2) is 4.79 Å². The Labute approximate surface area is 98.0 Å². The molecule has 6 heteroatoms. The van der Waals surface area contributed by atoms with Crippen LogP contribution in [0.15, 0.2) is 11.4 Å². The van der Waals surface area contributed by atoms with E-state index in [0.717, 1.165) is 13.3 Å². The predicted molar refractivity (Wildman–Crippen MR) is 64.2 cm³/mol. The highest BCUT2D eigenvalue weighted by Crippen LogP contribution is 2.07. The fourth-order valence-electron chi connectivity index (χ4n) is 0.643. The SMILES string of the molecule is CC(=O)O.CCOCCC=C(P)C(=O)OC. The monoisotopic (exact) mass is 250 g/mol. The highest BCUT2D eigenvalue weighted by atomic mass is 31.0. The van der Waals surface area contributed by atoms with Crippen molar-refractivity contribution in [2.75, 3.05) is 20.3 Å². The molecule has 0 aliphatic rings. The van der Waals surface area contributed by atoms with Crippen molar-refractivity contribution in [3.05, 3.63) is 11.4 Å². The summed E-state index contributed by atoms with van der Waals surface area (Å²) < 4.78 is 9.59. The van der Waals surface area contributed by atoms with Gasteiger partial charge in [0, 0.05) is 13.5 Å². The predicted octanol–water partition coefficient (Wildman–Crippen LogP) is 1.44. The third-order valence-corrected chi connectivity index (χ3v) is 1.72. The molecule has 1 atom stereocenters. The molecule has 1 N–H and O–H groups in total. The van der Waals surface area contributed by atoms with Gasteiger partial charge in [0.2, 0.25) is 0 Å². The van der Waals surface area contributed by atoms with E-state index in [1.807, 2.05) is 6.92 Å². The lowest BCUT2D eigenvalue weighted by molar-refractivity contribution is -0.135. The minimum Gasteiger partial charge on any atom is -0.481 e. The lowest BCUT2D eigenvalue weighted by Crippen LogP contribution is -2.00. The van der Waals surface area contributed by atoms with Crippen LogP contribution in [0.4, 0.5) is 0 Å². The smallest absolute Gasteiger partial charge is 0.337 e. The summed E-state index contributed by atoms with van der Waals surface area (Å²) in [6, 6.07) is 0. The highest BCUT2D eigenvalue weighted by molar-refractivity contribution is 7.24. The normalized spacial score (nSPS) is 10.1. The highest BCUT2D eigenvalue weighted by Gasteiger charge is 2.00. The molecule has 0 saturated carbocycles. The van der Waals surface area contributed by atoms with Crippen LogP contribution >= 0.6 is 9.24 Å². The van der Waals surface area contributed by atoms with Crippen LogP contribution in [0.1, 0.15) is 20.3 Å². The summed E-state index contributed by atoms with van der Waals surface area (Å²) in [5, 5.41) is 7.97. The lowest BCUT2D eigenvalue weighted by atomic mass is 10.4. The largest absolute Gasteiger partial charge is 0.481 e. The van der Waals surface area contributed by atoms with E-state index in [0.29, 0.717) is 18.5 Å². The Bertz CT molecular complexity index is 233. The van der Waals surface area contributed by atoms with Gasteiger partial charge in [-0.05, 0) is 13.3 Å². The van der Waals surface area contributed by atoms with Gasteiger partial charge in [0.15, 0.2) is 0 Å². The first-order chi connectivity index (χ1) is 7.45. The van der Waals surface area contributed by atoms with Crippen LogP contribution in [0, 0.1) is 0 Å². The molecule has 0 aromatic carbocycles. The Kier molecular flexibility index (Phi) is 13.3. The van der Waals surface area contributed by atoms with Crippen LogP contribution in [0.5, 0.6) is 0 Å². The van der Waals surface area contributed by atoms with Gasteiger partial charge in [0.05, 0.1) is 19.0 Å². The van der Waals surface area contributed by atoms with Gasteiger partial charge in [0.1, 0.15) is 0 Å². The number of hydrogen-bond acceptors (Lipinski definition) is 4. The second-order valence-corrected chi connectivity index (χ2v) is 3.28. The number of carboxylic acid groups (broad SMARTS) is 1. The number of rotatable bonds is 5. The van der Waals surface area contributed by atoms with Crippen molar-refractivity contribution in [3.63, 3.8) is 0 Å². The summed E-state index contributed by atoms with van der Waals surface area (Å²) in [6.07, 6.45) is 2.52. The zero-order valence-corrected chi connectivity index (χ0v) is 11.0. The van der Waals surface area contributed by atoms with Gasteiger partial charge in [0.25, 0.3) is 5.97 Å². The third kappa shape index (κ3) is 15.5. The van der Waals surface area contributed by atoms with Crippen molar-refractivity contribution in [1.82, 2.24) is 0 Å². The van der Waals surface area contributed by atoms with Gasteiger partial charge in [-0.3, -0.25) is 4.79 Å². The van der Waals surface area contributed by atoms with Crippen LogP contribution in [0.2, 0.25) is 0 Å². The van der Waals surface area contributed by atoms with Gasteiger partial charge >= 0.3 is 5.97 Å². The molecule has 0 fully saturated rings. The van der Waals surface area contributed by atoms with E-state index in [4.69, 9.17) is 14.6 Å². The van der Waals surface area contributed by atoms with Gasteiger partial charge in [-0.15, -0.1) is 0 Å². The topological polar surface area (TPSA) is 72.8 Å². The maximum absolute atomic E-state index is 10.8. The van der Waals surface area contributed by atoms with Crippen molar-refractivity contribution in [2.24, 2.45) is 0 Å². The Morgan fingerprint density at radius 1 is 1.44 bits per heavy atom. The number of hydrogen-bond donors (Lipinski definition) is 1. The number of esters is 1. The van der Waals surface area contributed by atoms with Crippen molar-refractivity contribution in [2.45, 2.75) is 20.3 Å². The molecule has 0 aliphatic carbocycles.